The number of hydrogen-bond donors (Lipinski definition) is 0. The number of ether oxygens (including phenoxy) is 3. The van der Waals surface area contributed by atoms with Crippen LogP contribution >= 0.6 is 0 Å². The molecule has 5 nitrogen and oxygen atoms in total. The van der Waals surface area contributed by atoms with E-state index in [0.29, 0.717) is 6.61 Å². The molecule has 3 heterocycles. The Labute approximate surface area is 86.0 Å². The molecule has 4 atom stereocenters. The van der Waals surface area contributed by atoms with E-state index in [1.807, 2.05) is 0 Å². The number of hydrogen-bond acceptors (Lipinski definition) is 5. The molecule has 0 aromatic carbocycles. The van der Waals surface area contributed by atoms with Gasteiger partial charge in [0.1, 0.15) is 5.92 Å². The summed E-state index contributed by atoms with van der Waals surface area (Å²) in [6.45, 7) is 0.331. The van der Waals surface area contributed by atoms with Crippen LogP contribution in [0, 0.1) is 11.8 Å². The first-order valence-electron chi connectivity index (χ1n) is 4.81. The van der Waals surface area contributed by atoms with E-state index in [2.05, 4.69) is 4.74 Å². The standard InChI is InChI=1S/C10H10O5/c1-13-9(12)10-3-2-6(15-10)5-4-14-8(11)7(5)10/h2-3,5-7H,4H2,1H3/t5-,6-,7+,10+/m1/s1. The molecule has 3 rings (SSSR count). The van der Waals surface area contributed by atoms with Crippen molar-refractivity contribution in [3.8, 4) is 0 Å². The maximum absolute atomic E-state index is 11.7. The van der Waals surface area contributed by atoms with E-state index < -0.39 is 17.5 Å². The van der Waals surface area contributed by atoms with Crippen molar-refractivity contribution in [3.63, 3.8) is 0 Å². The van der Waals surface area contributed by atoms with Gasteiger partial charge in [0, 0.05) is 5.92 Å². The van der Waals surface area contributed by atoms with E-state index in [1.54, 1.807) is 12.2 Å². The smallest absolute Gasteiger partial charge is 0.343 e. The van der Waals surface area contributed by atoms with Gasteiger partial charge >= 0.3 is 11.9 Å². The monoisotopic (exact) mass is 210 g/mol. The number of esters is 2. The van der Waals surface area contributed by atoms with Gasteiger partial charge in [-0.1, -0.05) is 6.08 Å². The summed E-state index contributed by atoms with van der Waals surface area (Å²) in [6.07, 6.45) is 3.23. The highest BCUT2D eigenvalue weighted by Gasteiger charge is 2.67. The van der Waals surface area contributed by atoms with Crippen LogP contribution in [-0.4, -0.2) is 37.4 Å². The Hall–Kier alpha value is -1.36. The Balaban J connectivity index is 2.06. The zero-order valence-electron chi connectivity index (χ0n) is 8.14. The SMILES string of the molecule is COC(=O)[C@@]12C=C[C@@H](O1)[C@H]1COC(=O)[C@H]12. The fourth-order valence-electron chi connectivity index (χ4n) is 2.67. The molecule has 0 saturated carbocycles. The topological polar surface area (TPSA) is 61.8 Å². The van der Waals surface area contributed by atoms with Crippen molar-refractivity contribution in [2.75, 3.05) is 13.7 Å². The van der Waals surface area contributed by atoms with Crippen LogP contribution < -0.4 is 0 Å². The quantitative estimate of drug-likeness (QED) is 0.437. The number of methoxy groups -OCH3 is 1. The Morgan fingerprint density at radius 2 is 2.47 bits per heavy atom. The highest BCUT2D eigenvalue weighted by atomic mass is 16.6. The molecule has 2 bridgehead atoms. The second-order valence-electron chi connectivity index (χ2n) is 4.00. The summed E-state index contributed by atoms with van der Waals surface area (Å²) in [5.74, 6) is -1.45. The minimum Gasteiger partial charge on any atom is -0.467 e. The van der Waals surface area contributed by atoms with Gasteiger partial charge in [0.15, 0.2) is 5.60 Å². The van der Waals surface area contributed by atoms with Gasteiger partial charge in [-0.15, -0.1) is 0 Å². The molecule has 0 aliphatic carbocycles. The summed E-state index contributed by atoms with van der Waals surface area (Å²) >= 11 is 0. The van der Waals surface area contributed by atoms with Crippen molar-refractivity contribution < 1.29 is 23.8 Å². The lowest BCUT2D eigenvalue weighted by atomic mass is 9.77. The minimum absolute atomic E-state index is 0.0402. The normalized spacial score (nSPS) is 45.4. The van der Waals surface area contributed by atoms with E-state index in [4.69, 9.17) is 9.47 Å². The Kier molecular flexibility index (Phi) is 1.55. The van der Waals surface area contributed by atoms with Crippen LogP contribution in [0.5, 0.6) is 0 Å². The predicted molar refractivity (Wildman–Crippen MR) is 46.7 cm³/mol. The van der Waals surface area contributed by atoms with E-state index in [0.717, 1.165) is 0 Å². The molecule has 0 aromatic heterocycles. The zero-order valence-corrected chi connectivity index (χ0v) is 8.14. The Bertz CT molecular complexity index is 374. The van der Waals surface area contributed by atoms with Gasteiger partial charge in [0.25, 0.3) is 0 Å². The fourth-order valence-corrected chi connectivity index (χ4v) is 2.67. The molecule has 0 aromatic rings. The maximum atomic E-state index is 11.7. The largest absolute Gasteiger partial charge is 0.467 e. The maximum Gasteiger partial charge on any atom is 0.343 e. The fraction of sp³-hybridized carbons (Fsp3) is 0.600. The Morgan fingerprint density at radius 1 is 1.67 bits per heavy atom. The molecule has 15 heavy (non-hydrogen) atoms. The van der Waals surface area contributed by atoms with Gasteiger partial charge in [0.05, 0.1) is 19.8 Å². The molecule has 0 unspecified atom stereocenters. The second kappa shape index (κ2) is 2.61. The van der Waals surface area contributed by atoms with Crippen molar-refractivity contribution in [2.24, 2.45) is 11.8 Å². The summed E-state index contributed by atoms with van der Waals surface area (Å²) in [6, 6.07) is 0. The average molecular weight is 210 g/mol. The summed E-state index contributed by atoms with van der Waals surface area (Å²) in [7, 11) is 1.29. The van der Waals surface area contributed by atoms with E-state index in [1.165, 1.54) is 7.11 Å². The highest BCUT2D eigenvalue weighted by Crippen LogP contribution is 2.50. The second-order valence-corrected chi connectivity index (χ2v) is 4.00. The Morgan fingerprint density at radius 3 is 3.20 bits per heavy atom. The highest BCUT2D eigenvalue weighted by molar-refractivity contribution is 5.92. The summed E-state index contributed by atoms with van der Waals surface area (Å²) in [4.78, 5) is 23.2. The third kappa shape index (κ3) is 0.866. The van der Waals surface area contributed by atoms with Crippen LogP contribution in [0.15, 0.2) is 12.2 Å². The molecule has 2 saturated heterocycles. The number of cyclic esters (lactones) is 1. The first kappa shape index (κ1) is 8.91. The molecular formula is C10H10O5. The van der Waals surface area contributed by atoms with Crippen LogP contribution in [0.3, 0.4) is 0 Å². The van der Waals surface area contributed by atoms with Gasteiger partial charge in [0.2, 0.25) is 0 Å². The summed E-state index contributed by atoms with van der Waals surface area (Å²) in [5, 5.41) is 0. The summed E-state index contributed by atoms with van der Waals surface area (Å²) in [5.41, 5.74) is -1.22. The first-order chi connectivity index (χ1) is 7.19. The lowest BCUT2D eigenvalue weighted by molar-refractivity contribution is -0.168. The van der Waals surface area contributed by atoms with Crippen molar-refractivity contribution >= 4 is 11.9 Å². The first-order valence-corrected chi connectivity index (χ1v) is 4.81. The van der Waals surface area contributed by atoms with Crippen molar-refractivity contribution in [3.05, 3.63) is 12.2 Å². The van der Waals surface area contributed by atoms with E-state index in [9.17, 15) is 9.59 Å². The number of rotatable bonds is 1. The van der Waals surface area contributed by atoms with Crippen molar-refractivity contribution in [1.29, 1.82) is 0 Å². The molecular weight excluding hydrogens is 200 g/mol. The third-order valence-corrected chi connectivity index (χ3v) is 3.35. The molecule has 0 radical (unpaired) electrons. The van der Waals surface area contributed by atoms with E-state index in [-0.39, 0.29) is 18.0 Å². The molecule has 3 aliphatic heterocycles. The minimum atomic E-state index is -1.22. The predicted octanol–water partition coefficient (Wildman–Crippen LogP) is -0.344. The number of carbonyl (C=O) groups is 2. The molecule has 0 N–H and O–H groups in total. The van der Waals surface area contributed by atoms with Gasteiger partial charge in [-0.05, 0) is 6.08 Å². The number of carbonyl (C=O) groups excluding carboxylic acids is 2. The molecule has 0 amide bonds. The molecule has 0 spiro atoms. The van der Waals surface area contributed by atoms with Gasteiger partial charge in [-0.3, -0.25) is 4.79 Å². The van der Waals surface area contributed by atoms with Crippen molar-refractivity contribution in [1.82, 2.24) is 0 Å². The lowest BCUT2D eigenvalue weighted by Gasteiger charge is -2.23. The van der Waals surface area contributed by atoms with Gasteiger partial charge < -0.3 is 14.2 Å². The molecule has 5 heteroatoms. The van der Waals surface area contributed by atoms with E-state index >= 15 is 0 Å². The molecule has 2 fully saturated rings. The zero-order chi connectivity index (χ0) is 10.6. The third-order valence-electron chi connectivity index (χ3n) is 3.35. The van der Waals surface area contributed by atoms with Crippen LogP contribution in [0.4, 0.5) is 0 Å². The van der Waals surface area contributed by atoms with Gasteiger partial charge in [-0.25, -0.2) is 4.79 Å². The van der Waals surface area contributed by atoms with Gasteiger partial charge in [-0.2, -0.15) is 0 Å². The van der Waals surface area contributed by atoms with Crippen LogP contribution in [0.2, 0.25) is 0 Å². The van der Waals surface area contributed by atoms with Crippen molar-refractivity contribution in [2.45, 2.75) is 11.7 Å². The lowest BCUT2D eigenvalue weighted by Crippen LogP contribution is -2.45. The number of fused-ring (bicyclic) bond motifs is 5. The molecule has 80 valence electrons. The van der Waals surface area contributed by atoms with Crippen LogP contribution in [0.25, 0.3) is 0 Å². The van der Waals surface area contributed by atoms with Crippen LogP contribution in [0.1, 0.15) is 0 Å². The average Bonchev–Trinajstić information content (AvgIpc) is 2.89. The van der Waals surface area contributed by atoms with Crippen LogP contribution in [-0.2, 0) is 23.8 Å². The summed E-state index contributed by atoms with van der Waals surface area (Å²) < 4.78 is 15.2. The molecule has 3 aliphatic rings.